The van der Waals surface area contributed by atoms with Crippen molar-refractivity contribution in [2.24, 2.45) is 0 Å². The van der Waals surface area contributed by atoms with Crippen LogP contribution in [0.3, 0.4) is 0 Å². The van der Waals surface area contributed by atoms with Gasteiger partial charge in [0.05, 0.1) is 18.2 Å². The maximum absolute atomic E-state index is 5.63. The van der Waals surface area contributed by atoms with E-state index >= 15 is 0 Å². The Morgan fingerprint density at radius 1 is 1.13 bits per heavy atom. The zero-order chi connectivity index (χ0) is 16.8. The van der Waals surface area contributed by atoms with Gasteiger partial charge in [0.1, 0.15) is 0 Å². The summed E-state index contributed by atoms with van der Waals surface area (Å²) >= 11 is 7.16. The van der Waals surface area contributed by atoms with Crippen LogP contribution in [0.15, 0.2) is 45.3 Å². The quantitative estimate of drug-likeness (QED) is 0.616. The molecule has 0 aliphatic heterocycles. The molecule has 0 fully saturated rings. The topological polar surface area (TPSA) is 30.5 Å². The molecule has 0 saturated carbocycles. The first-order valence-corrected chi connectivity index (χ1v) is 9.12. The molecule has 2 rings (SSSR count). The van der Waals surface area contributed by atoms with Crippen molar-refractivity contribution in [1.82, 2.24) is 5.32 Å². The highest BCUT2D eigenvalue weighted by Crippen LogP contribution is 2.36. The predicted molar refractivity (Wildman–Crippen MR) is 101 cm³/mol. The van der Waals surface area contributed by atoms with Crippen LogP contribution < -0.4 is 14.8 Å². The van der Waals surface area contributed by atoms with Gasteiger partial charge in [-0.05, 0) is 59.1 Å². The molecule has 124 valence electrons. The molecule has 0 saturated heterocycles. The van der Waals surface area contributed by atoms with Crippen molar-refractivity contribution in [1.29, 1.82) is 0 Å². The smallest absolute Gasteiger partial charge is 0.175 e. The van der Waals surface area contributed by atoms with Crippen LogP contribution in [-0.2, 0) is 6.54 Å². The Morgan fingerprint density at radius 2 is 1.87 bits per heavy atom. The summed E-state index contributed by atoms with van der Waals surface area (Å²) in [5.74, 6) is 1.49. The van der Waals surface area contributed by atoms with Crippen molar-refractivity contribution in [3.8, 4) is 11.5 Å². The summed E-state index contributed by atoms with van der Waals surface area (Å²) in [4.78, 5) is 0. The first-order chi connectivity index (χ1) is 11.1. The number of rotatable bonds is 7. The van der Waals surface area contributed by atoms with E-state index in [2.05, 4.69) is 68.4 Å². The van der Waals surface area contributed by atoms with Crippen molar-refractivity contribution in [2.75, 3.05) is 13.7 Å². The summed E-state index contributed by atoms with van der Waals surface area (Å²) in [7, 11) is 1.66. The van der Waals surface area contributed by atoms with Gasteiger partial charge in [-0.1, -0.05) is 34.1 Å². The number of benzene rings is 2. The van der Waals surface area contributed by atoms with Crippen LogP contribution in [-0.4, -0.2) is 13.7 Å². The van der Waals surface area contributed by atoms with E-state index in [9.17, 15) is 0 Å². The maximum atomic E-state index is 5.63. The van der Waals surface area contributed by atoms with Gasteiger partial charge in [0.15, 0.2) is 11.5 Å². The molecule has 0 bridgehead atoms. The Hall–Kier alpha value is -1.04. The van der Waals surface area contributed by atoms with E-state index in [1.807, 2.05) is 19.1 Å². The van der Waals surface area contributed by atoms with Gasteiger partial charge in [-0.15, -0.1) is 0 Å². The first kappa shape index (κ1) is 18.3. The molecule has 0 amide bonds. The van der Waals surface area contributed by atoms with Crippen molar-refractivity contribution in [3.63, 3.8) is 0 Å². The zero-order valence-electron chi connectivity index (χ0n) is 13.5. The van der Waals surface area contributed by atoms with E-state index in [1.165, 1.54) is 5.56 Å². The normalized spacial score (nSPS) is 12.0. The van der Waals surface area contributed by atoms with Crippen molar-refractivity contribution >= 4 is 31.9 Å². The highest BCUT2D eigenvalue weighted by Gasteiger charge is 2.13. The predicted octanol–water partition coefficient (Wildman–Crippen LogP) is 5.47. The number of methoxy groups -OCH3 is 1. The SMILES string of the molecule is CCOc1c(Br)cc(CN[C@H](C)c2ccccc2Br)cc1OC. The second-order valence-electron chi connectivity index (χ2n) is 5.17. The molecule has 1 atom stereocenters. The number of halogens is 2. The van der Waals surface area contributed by atoms with E-state index in [1.54, 1.807) is 7.11 Å². The Kier molecular flexibility index (Phi) is 6.93. The lowest BCUT2D eigenvalue weighted by Gasteiger charge is -2.17. The molecule has 0 radical (unpaired) electrons. The van der Waals surface area contributed by atoms with Crippen LogP contribution in [0.2, 0.25) is 0 Å². The molecule has 0 spiro atoms. The summed E-state index contributed by atoms with van der Waals surface area (Å²) in [6.07, 6.45) is 0. The van der Waals surface area contributed by atoms with Gasteiger partial charge >= 0.3 is 0 Å². The molecule has 5 heteroatoms. The van der Waals surface area contributed by atoms with Crippen molar-refractivity contribution < 1.29 is 9.47 Å². The Balaban J connectivity index is 2.11. The minimum absolute atomic E-state index is 0.238. The van der Waals surface area contributed by atoms with Gasteiger partial charge in [-0.3, -0.25) is 0 Å². The molecule has 2 aromatic carbocycles. The molecule has 23 heavy (non-hydrogen) atoms. The fourth-order valence-electron chi connectivity index (χ4n) is 2.37. The van der Waals surface area contributed by atoms with E-state index in [0.717, 1.165) is 32.6 Å². The third-order valence-electron chi connectivity index (χ3n) is 3.56. The van der Waals surface area contributed by atoms with Crippen LogP contribution in [0.4, 0.5) is 0 Å². The van der Waals surface area contributed by atoms with Gasteiger partial charge in [0, 0.05) is 17.1 Å². The Labute approximate surface area is 154 Å². The average molecular weight is 443 g/mol. The van der Waals surface area contributed by atoms with Crippen molar-refractivity contribution in [3.05, 3.63) is 56.5 Å². The van der Waals surface area contributed by atoms with Gasteiger partial charge in [0.2, 0.25) is 0 Å². The third kappa shape index (κ3) is 4.72. The average Bonchev–Trinajstić information content (AvgIpc) is 2.55. The van der Waals surface area contributed by atoms with E-state index in [-0.39, 0.29) is 6.04 Å². The van der Waals surface area contributed by atoms with E-state index < -0.39 is 0 Å². The summed E-state index contributed by atoms with van der Waals surface area (Å²) in [5.41, 5.74) is 2.38. The maximum Gasteiger partial charge on any atom is 0.175 e. The van der Waals surface area contributed by atoms with Crippen LogP contribution >= 0.6 is 31.9 Å². The number of nitrogens with one attached hydrogen (secondary N) is 1. The summed E-state index contributed by atoms with van der Waals surface area (Å²) in [6, 6.07) is 12.6. The largest absolute Gasteiger partial charge is 0.493 e. The Morgan fingerprint density at radius 3 is 2.52 bits per heavy atom. The summed E-state index contributed by atoms with van der Waals surface area (Å²) in [5, 5.41) is 3.54. The molecule has 0 aliphatic carbocycles. The minimum Gasteiger partial charge on any atom is -0.493 e. The molecule has 2 aromatic rings. The summed E-state index contributed by atoms with van der Waals surface area (Å²) in [6.45, 7) is 5.46. The molecule has 0 aliphatic rings. The number of hydrogen-bond donors (Lipinski definition) is 1. The van der Waals surface area contributed by atoms with Crippen LogP contribution in [0, 0.1) is 0 Å². The lowest BCUT2D eigenvalue weighted by atomic mass is 10.1. The lowest BCUT2D eigenvalue weighted by Crippen LogP contribution is -2.18. The van der Waals surface area contributed by atoms with Gasteiger partial charge in [-0.25, -0.2) is 0 Å². The monoisotopic (exact) mass is 441 g/mol. The van der Waals surface area contributed by atoms with Crippen LogP contribution in [0.1, 0.15) is 31.0 Å². The van der Waals surface area contributed by atoms with Gasteiger partial charge in [-0.2, -0.15) is 0 Å². The summed E-state index contributed by atoms with van der Waals surface area (Å²) < 4.78 is 13.1. The van der Waals surface area contributed by atoms with Gasteiger partial charge in [0.25, 0.3) is 0 Å². The van der Waals surface area contributed by atoms with Gasteiger partial charge < -0.3 is 14.8 Å². The first-order valence-electron chi connectivity index (χ1n) is 7.53. The second-order valence-corrected chi connectivity index (χ2v) is 6.87. The highest BCUT2D eigenvalue weighted by molar-refractivity contribution is 9.10. The molecular weight excluding hydrogens is 422 g/mol. The number of hydrogen-bond acceptors (Lipinski definition) is 3. The minimum atomic E-state index is 0.238. The van der Waals surface area contributed by atoms with E-state index in [0.29, 0.717) is 6.61 Å². The molecule has 3 nitrogen and oxygen atoms in total. The molecule has 1 N–H and O–H groups in total. The second kappa shape index (κ2) is 8.71. The highest BCUT2D eigenvalue weighted by atomic mass is 79.9. The van der Waals surface area contributed by atoms with Crippen molar-refractivity contribution in [2.45, 2.75) is 26.4 Å². The molecule has 0 aromatic heterocycles. The molecule has 0 heterocycles. The zero-order valence-corrected chi connectivity index (χ0v) is 16.7. The van der Waals surface area contributed by atoms with Crippen LogP contribution in [0.25, 0.3) is 0 Å². The Bertz CT molecular complexity index is 661. The molecule has 0 unspecified atom stereocenters. The fraction of sp³-hybridized carbons (Fsp3) is 0.333. The van der Waals surface area contributed by atoms with E-state index in [4.69, 9.17) is 9.47 Å². The molecular formula is C18H21Br2NO2. The van der Waals surface area contributed by atoms with Crippen LogP contribution in [0.5, 0.6) is 11.5 Å². The lowest BCUT2D eigenvalue weighted by molar-refractivity contribution is 0.308. The number of ether oxygens (including phenoxy) is 2. The third-order valence-corrected chi connectivity index (χ3v) is 4.87. The fourth-order valence-corrected chi connectivity index (χ4v) is 3.60. The standard InChI is InChI=1S/C18H21Br2NO2/c1-4-23-18-16(20)9-13(10-17(18)22-3)11-21-12(2)14-7-5-6-8-15(14)19/h5-10,12,21H,4,11H2,1-3H3/t12-/m1/s1.